The van der Waals surface area contributed by atoms with Crippen molar-refractivity contribution < 1.29 is 9.90 Å². The monoisotopic (exact) mass is 508 g/mol. The number of nitrogens with zero attached hydrogens (tertiary/aromatic N) is 4. The second-order valence-corrected chi connectivity index (χ2v) is 10.2. The number of piperazine rings is 1. The molecule has 2 aliphatic rings. The van der Waals surface area contributed by atoms with Crippen molar-refractivity contribution in [3.05, 3.63) is 75.2 Å². The normalized spacial score (nSPS) is 18.0. The van der Waals surface area contributed by atoms with E-state index >= 15 is 0 Å². The first-order chi connectivity index (χ1) is 17.5. The van der Waals surface area contributed by atoms with Crippen LogP contribution in [-0.2, 0) is 6.54 Å². The van der Waals surface area contributed by atoms with Crippen LogP contribution in [0, 0.1) is 0 Å². The number of hydrogen-bond acceptors (Lipinski definition) is 5. The van der Waals surface area contributed by atoms with Gasteiger partial charge in [-0.1, -0.05) is 42.3 Å². The van der Waals surface area contributed by atoms with Crippen molar-refractivity contribution in [1.29, 1.82) is 0 Å². The van der Waals surface area contributed by atoms with E-state index in [0.717, 1.165) is 39.3 Å². The maximum Gasteiger partial charge on any atom is 0.338 e. The Morgan fingerprint density at radius 2 is 1.44 bits per heavy atom. The number of pyridine rings is 1. The second-order valence-electron chi connectivity index (χ2n) is 9.81. The number of carboxylic acids is 1. The first kappa shape index (κ1) is 25.0. The van der Waals surface area contributed by atoms with Crippen molar-refractivity contribution in [2.45, 2.75) is 25.8 Å². The van der Waals surface area contributed by atoms with Crippen LogP contribution in [0.2, 0.25) is 5.02 Å². The smallest absolute Gasteiger partial charge is 0.338 e. The van der Waals surface area contributed by atoms with Crippen LogP contribution in [0.15, 0.2) is 53.3 Å². The zero-order valence-corrected chi connectivity index (χ0v) is 21.3. The summed E-state index contributed by atoms with van der Waals surface area (Å²) < 4.78 is 1.54. The Balaban J connectivity index is 1.42. The molecule has 2 fully saturated rings. The van der Waals surface area contributed by atoms with E-state index in [4.69, 9.17) is 11.6 Å². The summed E-state index contributed by atoms with van der Waals surface area (Å²) in [5.41, 5.74) is 1.02. The average molecular weight is 509 g/mol. The fourth-order valence-electron chi connectivity index (χ4n) is 5.52. The highest BCUT2D eigenvalue weighted by Gasteiger charge is 2.26. The number of piperidine rings is 1. The third-order valence-electron chi connectivity index (χ3n) is 7.49. The number of aromatic nitrogens is 1. The SMILES string of the molecule is O=C(O)c1c(CN2CCN(CCN3CCCCC3)CC2)n(-c2cccc(Cl)c2)c(=O)c2ccccc12. The minimum Gasteiger partial charge on any atom is -0.478 e. The molecule has 0 amide bonds. The van der Waals surface area contributed by atoms with Gasteiger partial charge in [-0.3, -0.25) is 19.2 Å². The van der Waals surface area contributed by atoms with Crippen molar-refractivity contribution in [3.8, 4) is 5.69 Å². The maximum absolute atomic E-state index is 13.7. The molecule has 2 saturated heterocycles. The second kappa shape index (κ2) is 11.1. The van der Waals surface area contributed by atoms with Gasteiger partial charge in [0.25, 0.3) is 5.56 Å². The molecule has 2 aliphatic heterocycles. The number of aromatic carboxylic acids is 1. The molecule has 2 aromatic carbocycles. The van der Waals surface area contributed by atoms with Crippen LogP contribution in [0.5, 0.6) is 0 Å². The third-order valence-corrected chi connectivity index (χ3v) is 7.72. The molecule has 1 N–H and O–H groups in total. The predicted octanol–water partition coefficient (Wildman–Crippen LogP) is 3.95. The lowest BCUT2D eigenvalue weighted by Gasteiger charge is -2.37. The van der Waals surface area contributed by atoms with Crippen molar-refractivity contribution in [2.75, 3.05) is 52.4 Å². The van der Waals surface area contributed by atoms with E-state index in [2.05, 4.69) is 14.7 Å². The summed E-state index contributed by atoms with van der Waals surface area (Å²) in [7, 11) is 0. The lowest BCUT2D eigenvalue weighted by molar-refractivity contribution is 0.0693. The molecule has 8 heteroatoms. The van der Waals surface area contributed by atoms with E-state index in [1.807, 2.05) is 0 Å². The quantitative estimate of drug-likeness (QED) is 0.521. The van der Waals surface area contributed by atoms with Crippen LogP contribution >= 0.6 is 11.6 Å². The summed E-state index contributed by atoms with van der Waals surface area (Å²) in [6.45, 7) is 8.51. The fraction of sp³-hybridized carbons (Fsp3) is 0.429. The Bertz CT molecular complexity index is 1290. The molecule has 0 aliphatic carbocycles. The summed E-state index contributed by atoms with van der Waals surface area (Å²) in [4.78, 5) is 33.5. The highest BCUT2D eigenvalue weighted by molar-refractivity contribution is 6.30. The number of carboxylic acid groups (broad SMARTS) is 1. The van der Waals surface area contributed by atoms with Gasteiger partial charge in [-0.25, -0.2) is 4.79 Å². The zero-order chi connectivity index (χ0) is 25.1. The molecule has 1 aromatic heterocycles. The summed E-state index contributed by atoms with van der Waals surface area (Å²) >= 11 is 6.26. The van der Waals surface area contributed by atoms with Gasteiger partial charge in [-0.05, 0) is 50.2 Å². The van der Waals surface area contributed by atoms with Crippen molar-refractivity contribution in [2.24, 2.45) is 0 Å². The highest BCUT2D eigenvalue weighted by atomic mass is 35.5. The number of halogens is 1. The molecule has 36 heavy (non-hydrogen) atoms. The van der Waals surface area contributed by atoms with E-state index in [1.165, 1.54) is 32.4 Å². The van der Waals surface area contributed by atoms with Gasteiger partial charge in [0.2, 0.25) is 0 Å². The van der Waals surface area contributed by atoms with Crippen molar-refractivity contribution in [1.82, 2.24) is 19.3 Å². The number of benzene rings is 2. The van der Waals surface area contributed by atoms with Crippen LogP contribution in [-0.4, -0.2) is 82.7 Å². The van der Waals surface area contributed by atoms with Crippen molar-refractivity contribution >= 4 is 28.3 Å². The Morgan fingerprint density at radius 1 is 0.806 bits per heavy atom. The highest BCUT2D eigenvalue weighted by Crippen LogP contribution is 2.25. The average Bonchev–Trinajstić information content (AvgIpc) is 2.89. The molecule has 0 radical (unpaired) electrons. The Hall–Kier alpha value is -2.71. The molecule has 0 saturated carbocycles. The minimum atomic E-state index is -1.03. The van der Waals surface area contributed by atoms with E-state index in [9.17, 15) is 14.7 Å². The summed E-state index contributed by atoms with van der Waals surface area (Å²) in [5.74, 6) is -1.03. The lowest BCUT2D eigenvalue weighted by atomic mass is 10.0. The van der Waals surface area contributed by atoms with Crippen LogP contribution < -0.4 is 5.56 Å². The molecule has 0 bridgehead atoms. The Morgan fingerprint density at radius 3 is 2.11 bits per heavy atom. The predicted molar refractivity (Wildman–Crippen MR) is 144 cm³/mol. The topological polar surface area (TPSA) is 69.0 Å². The summed E-state index contributed by atoms with van der Waals surface area (Å²) in [6.07, 6.45) is 3.96. The van der Waals surface area contributed by atoms with E-state index in [1.54, 1.807) is 53.1 Å². The van der Waals surface area contributed by atoms with Gasteiger partial charge in [-0.15, -0.1) is 0 Å². The largest absolute Gasteiger partial charge is 0.478 e. The van der Waals surface area contributed by atoms with Gasteiger partial charge < -0.3 is 10.0 Å². The zero-order valence-electron chi connectivity index (χ0n) is 20.5. The molecule has 3 heterocycles. The lowest BCUT2D eigenvalue weighted by Crippen LogP contribution is -2.49. The summed E-state index contributed by atoms with van der Waals surface area (Å²) in [6, 6.07) is 14.0. The number of carbonyl (C=O) groups is 1. The molecule has 190 valence electrons. The van der Waals surface area contributed by atoms with Gasteiger partial charge in [0, 0.05) is 61.6 Å². The standard InChI is InChI=1S/C28H33ClN4O3/c29-21-7-6-8-22(19-21)33-25(26(28(35)36)23-9-2-3-10-24(23)27(33)34)20-32-17-15-31(16-18-32)14-13-30-11-4-1-5-12-30/h2-3,6-10,19H,1,4-5,11-18,20H2,(H,35,36). The van der Waals surface area contributed by atoms with E-state index in [0.29, 0.717) is 33.7 Å². The van der Waals surface area contributed by atoms with Crippen LogP contribution in [0.25, 0.3) is 16.5 Å². The molecular formula is C28H33ClN4O3. The molecule has 7 nitrogen and oxygen atoms in total. The van der Waals surface area contributed by atoms with Crippen LogP contribution in [0.3, 0.4) is 0 Å². The van der Waals surface area contributed by atoms with Gasteiger partial charge in [0.15, 0.2) is 0 Å². The van der Waals surface area contributed by atoms with Gasteiger partial charge in [0.1, 0.15) is 0 Å². The van der Waals surface area contributed by atoms with Crippen molar-refractivity contribution in [3.63, 3.8) is 0 Å². The number of likely N-dealkylation sites (tertiary alicyclic amines) is 1. The van der Waals surface area contributed by atoms with Crippen LogP contribution in [0.4, 0.5) is 0 Å². The molecule has 0 spiro atoms. The first-order valence-corrected chi connectivity index (χ1v) is 13.2. The third kappa shape index (κ3) is 5.34. The maximum atomic E-state index is 13.7. The van der Waals surface area contributed by atoms with Gasteiger partial charge in [0.05, 0.1) is 16.9 Å². The number of hydrogen-bond donors (Lipinski definition) is 1. The van der Waals surface area contributed by atoms with Crippen LogP contribution in [0.1, 0.15) is 35.3 Å². The summed E-state index contributed by atoms with van der Waals surface area (Å²) in [5, 5.41) is 11.6. The molecule has 0 unspecified atom stereocenters. The number of fused-ring (bicyclic) bond motifs is 1. The van der Waals surface area contributed by atoms with E-state index < -0.39 is 5.97 Å². The Labute approximate surface area is 216 Å². The first-order valence-electron chi connectivity index (χ1n) is 12.8. The fourth-order valence-corrected chi connectivity index (χ4v) is 5.71. The molecule has 3 aromatic rings. The van der Waals surface area contributed by atoms with Gasteiger partial charge >= 0.3 is 5.97 Å². The molecule has 5 rings (SSSR count). The number of rotatable bonds is 7. The van der Waals surface area contributed by atoms with Gasteiger partial charge in [-0.2, -0.15) is 0 Å². The van der Waals surface area contributed by atoms with E-state index in [-0.39, 0.29) is 11.1 Å². The minimum absolute atomic E-state index is 0.178. The molecule has 0 atom stereocenters. The molecular weight excluding hydrogens is 476 g/mol. The Kier molecular flexibility index (Phi) is 7.72.